The SMILES string of the molecule is CCCCN(C(=O)Cc1ccc(-c2ccccc2)cc1)c1c(N)n(CC(C)C)c(=O)[nH]c1=O. The van der Waals surface area contributed by atoms with Gasteiger partial charge in [0, 0.05) is 13.1 Å². The van der Waals surface area contributed by atoms with E-state index in [1.807, 2.05) is 75.4 Å². The number of anilines is 2. The molecular weight excluding hydrogens is 416 g/mol. The number of H-pyrrole nitrogens is 1. The lowest BCUT2D eigenvalue weighted by atomic mass is 10.0. The van der Waals surface area contributed by atoms with Gasteiger partial charge in [-0.15, -0.1) is 0 Å². The van der Waals surface area contributed by atoms with Crippen LogP contribution in [0.5, 0.6) is 0 Å². The van der Waals surface area contributed by atoms with E-state index < -0.39 is 11.2 Å². The summed E-state index contributed by atoms with van der Waals surface area (Å²) >= 11 is 0. The molecule has 33 heavy (non-hydrogen) atoms. The summed E-state index contributed by atoms with van der Waals surface area (Å²) in [6.45, 7) is 6.62. The van der Waals surface area contributed by atoms with Gasteiger partial charge in [0.1, 0.15) is 5.82 Å². The van der Waals surface area contributed by atoms with Gasteiger partial charge in [0.25, 0.3) is 5.56 Å². The number of hydrogen-bond donors (Lipinski definition) is 2. The molecule has 0 bridgehead atoms. The molecule has 0 aliphatic heterocycles. The smallest absolute Gasteiger partial charge is 0.330 e. The minimum atomic E-state index is -0.638. The Bertz CT molecular complexity index is 1190. The molecule has 0 atom stereocenters. The topological polar surface area (TPSA) is 101 Å². The standard InChI is InChI=1S/C26H32N4O3/c1-4-5-15-29(23-24(27)30(17-18(2)3)26(33)28-25(23)32)22(31)16-19-11-13-21(14-12-19)20-9-7-6-8-10-20/h6-14,18H,4-5,15-17,27H2,1-3H3,(H,28,32,33). The number of rotatable bonds is 9. The van der Waals surface area contributed by atoms with Crippen LogP contribution in [0.15, 0.2) is 64.2 Å². The summed E-state index contributed by atoms with van der Waals surface area (Å²) in [7, 11) is 0. The van der Waals surface area contributed by atoms with Crippen molar-refractivity contribution in [2.24, 2.45) is 5.92 Å². The van der Waals surface area contributed by atoms with Crippen molar-refractivity contribution in [2.75, 3.05) is 17.2 Å². The quantitative estimate of drug-likeness (QED) is 0.520. The number of benzene rings is 2. The van der Waals surface area contributed by atoms with E-state index in [1.165, 1.54) is 9.47 Å². The summed E-state index contributed by atoms with van der Waals surface area (Å²) in [6.07, 6.45) is 1.68. The number of nitrogens with one attached hydrogen (secondary N) is 1. The Labute approximate surface area is 193 Å². The second-order valence-electron chi connectivity index (χ2n) is 8.64. The van der Waals surface area contributed by atoms with Crippen molar-refractivity contribution < 1.29 is 4.79 Å². The maximum Gasteiger partial charge on any atom is 0.330 e. The molecule has 1 amide bonds. The Morgan fingerprint density at radius 1 is 1.03 bits per heavy atom. The van der Waals surface area contributed by atoms with Gasteiger partial charge in [0.15, 0.2) is 5.69 Å². The van der Waals surface area contributed by atoms with E-state index in [4.69, 9.17) is 5.73 Å². The maximum atomic E-state index is 13.3. The number of aromatic nitrogens is 2. The molecule has 0 fully saturated rings. The number of nitrogen functional groups attached to an aromatic ring is 1. The second kappa shape index (κ2) is 10.8. The molecule has 3 aromatic rings. The van der Waals surface area contributed by atoms with E-state index in [9.17, 15) is 14.4 Å². The minimum Gasteiger partial charge on any atom is -0.383 e. The molecule has 0 saturated heterocycles. The van der Waals surface area contributed by atoms with Crippen molar-refractivity contribution >= 4 is 17.4 Å². The van der Waals surface area contributed by atoms with Gasteiger partial charge in [0.2, 0.25) is 5.91 Å². The third-order valence-electron chi connectivity index (χ3n) is 5.48. The van der Waals surface area contributed by atoms with Gasteiger partial charge in [-0.25, -0.2) is 4.79 Å². The molecule has 3 rings (SSSR count). The number of aromatic amines is 1. The Kier molecular flexibility index (Phi) is 7.87. The first kappa shape index (κ1) is 24.0. The highest BCUT2D eigenvalue weighted by Crippen LogP contribution is 2.22. The van der Waals surface area contributed by atoms with Crippen LogP contribution in [0.1, 0.15) is 39.2 Å². The fourth-order valence-electron chi connectivity index (χ4n) is 3.78. The molecule has 2 aromatic carbocycles. The van der Waals surface area contributed by atoms with Crippen LogP contribution in [0.25, 0.3) is 11.1 Å². The Morgan fingerprint density at radius 2 is 1.67 bits per heavy atom. The summed E-state index contributed by atoms with van der Waals surface area (Å²) in [6, 6.07) is 17.8. The lowest BCUT2D eigenvalue weighted by Crippen LogP contribution is -2.42. The number of nitrogens with zero attached hydrogens (tertiary/aromatic N) is 2. The molecule has 0 unspecified atom stereocenters. The molecule has 3 N–H and O–H groups in total. The van der Waals surface area contributed by atoms with Gasteiger partial charge >= 0.3 is 5.69 Å². The van der Waals surface area contributed by atoms with E-state index in [2.05, 4.69) is 4.98 Å². The number of nitrogens with two attached hydrogens (primary N) is 1. The molecule has 7 nitrogen and oxygen atoms in total. The van der Waals surface area contributed by atoms with E-state index >= 15 is 0 Å². The third kappa shape index (κ3) is 5.80. The summed E-state index contributed by atoms with van der Waals surface area (Å²) in [5.74, 6) is -0.0594. The molecule has 1 heterocycles. The van der Waals surface area contributed by atoms with Crippen LogP contribution >= 0.6 is 0 Å². The third-order valence-corrected chi connectivity index (χ3v) is 5.48. The molecule has 174 valence electrons. The van der Waals surface area contributed by atoms with Crippen molar-refractivity contribution in [3.8, 4) is 11.1 Å². The van der Waals surface area contributed by atoms with E-state index in [-0.39, 0.29) is 29.8 Å². The normalized spacial score (nSPS) is 11.0. The molecule has 0 radical (unpaired) electrons. The first-order valence-electron chi connectivity index (χ1n) is 11.4. The molecule has 7 heteroatoms. The van der Waals surface area contributed by atoms with E-state index in [1.54, 1.807) is 0 Å². The molecule has 0 spiro atoms. The molecule has 1 aromatic heterocycles. The second-order valence-corrected chi connectivity index (χ2v) is 8.64. The van der Waals surface area contributed by atoms with Crippen LogP contribution < -0.4 is 21.9 Å². The van der Waals surface area contributed by atoms with E-state index in [0.29, 0.717) is 19.5 Å². The van der Waals surface area contributed by atoms with Gasteiger partial charge in [-0.05, 0) is 29.0 Å². The van der Waals surface area contributed by atoms with Gasteiger partial charge in [-0.3, -0.25) is 19.1 Å². The maximum absolute atomic E-state index is 13.3. The molecule has 0 saturated carbocycles. The highest BCUT2D eigenvalue weighted by Gasteiger charge is 2.24. The summed E-state index contributed by atoms with van der Waals surface area (Å²) < 4.78 is 1.34. The number of carbonyl (C=O) groups excluding carboxylic acids is 1. The van der Waals surface area contributed by atoms with Gasteiger partial charge in [-0.1, -0.05) is 81.8 Å². The van der Waals surface area contributed by atoms with Crippen molar-refractivity contribution in [2.45, 2.75) is 46.6 Å². The fourth-order valence-corrected chi connectivity index (χ4v) is 3.78. The Morgan fingerprint density at radius 3 is 2.27 bits per heavy atom. The molecular formula is C26H32N4O3. The van der Waals surface area contributed by atoms with Gasteiger partial charge in [0.05, 0.1) is 6.42 Å². The number of carbonyl (C=O) groups is 1. The largest absolute Gasteiger partial charge is 0.383 e. The summed E-state index contributed by atoms with van der Waals surface area (Å²) in [5.41, 5.74) is 8.13. The zero-order valence-electron chi connectivity index (χ0n) is 19.5. The van der Waals surface area contributed by atoms with Crippen LogP contribution in [0.4, 0.5) is 11.5 Å². The van der Waals surface area contributed by atoms with Crippen LogP contribution in [0.2, 0.25) is 0 Å². The number of amides is 1. The lowest BCUT2D eigenvalue weighted by Gasteiger charge is -2.25. The lowest BCUT2D eigenvalue weighted by molar-refractivity contribution is -0.118. The van der Waals surface area contributed by atoms with Crippen LogP contribution in [-0.2, 0) is 17.8 Å². The first-order valence-corrected chi connectivity index (χ1v) is 11.4. The van der Waals surface area contributed by atoms with Crippen LogP contribution in [0, 0.1) is 5.92 Å². The predicted molar refractivity (Wildman–Crippen MR) is 133 cm³/mol. The van der Waals surface area contributed by atoms with Crippen molar-refractivity contribution in [1.82, 2.24) is 9.55 Å². The van der Waals surface area contributed by atoms with Crippen molar-refractivity contribution in [1.29, 1.82) is 0 Å². The Balaban J connectivity index is 1.91. The highest BCUT2D eigenvalue weighted by molar-refractivity contribution is 5.96. The minimum absolute atomic E-state index is 0.0290. The predicted octanol–water partition coefficient (Wildman–Crippen LogP) is 3.82. The number of hydrogen-bond acceptors (Lipinski definition) is 4. The summed E-state index contributed by atoms with van der Waals surface area (Å²) in [5, 5.41) is 0. The average Bonchev–Trinajstić information content (AvgIpc) is 2.79. The van der Waals surface area contributed by atoms with Crippen molar-refractivity contribution in [3.05, 3.63) is 81.0 Å². The van der Waals surface area contributed by atoms with Crippen molar-refractivity contribution in [3.63, 3.8) is 0 Å². The van der Waals surface area contributed by atoms with Gasteiger partial charge in [-0.2, -0.15) is 0 Å². The molecule has 0 aliphatic rings. The van der Waals surface area contributed by atoms with Crippen LogP contribution in [-0.4, -0.2) is 22.0 Å². The average molecular weight is 449 g/mol. The number of unbranched alkanes of at least 4 members (excludes halogenated alkanes) is 1. The van der Waals surface area contributed by atoms with Gasteiger partial charge < -0.3 is 10.6 Å². The van der Waals surface area contributed by atoms with E-state index in [0.717, 1.165) is 23.1 Å². The zero-order valence-corrected chi connectivity index (χ0v) is 19.5. The Hall–Kier alpha value is -3.61. The highest BCUT2D eigenvalue weighted by atomic mass is 16.2. The zero-order chi connectivity index (χ0) is 24.0. The fraction of sp³-hybridized carbons (Fsp3) is 0.346. The monoisotopic (exact) mass is 448 g/mol. The van der Waals surface area contributed by atoms with Crippen LogP contribution in [0.3, 0.4) is 0 Å². The summed E-state index contributed by atoms with van der Waals surface area (Å²) in [4.78, 5) is 42.1. The first-order chi connectivity index (χ1) is 15.8. The molecule has 0 aliphatic carbocycles.